The van der Waals surface area contributed by atoms with Gasteiger partial charge in [0.2, 0.25) is 0 Å². The van der Waals surface area contributed by atoms with Crippen molar-refractivity contribution in [2.45, 2.75) is 38.8 Å². The molecule has 7 heteroatoms. The van der Waals surface area contributed by atoms with Crippen LogP contribution in [0.4, 0.5) is 0 Å². The van der Waals surface area contributed by atoms with Crippen molar-refractivity contribution in [3.8, 4) is 0 Å². The Balaban J connectivity index is 1.87. The molecule has 1 atom stereocenters. The summed E-state index contributed by atoms with van der Waals surface area (Å²) in [4.78, 5) is 33.7. The van der Waals surface area contributed by atoms with Crippen LogP contribution in [0.3, 0.4) is 0 Å². The van der Waals surface area contributed by atoms with E-state index in [0.29, 0.717) is 34.9 Å². The smallest absolute Gasteiger partial charge is 0.258 e. The summed E-state index contributed by atoms with van der Waals surface area (Å²) in [5.41, 5.74) is 0.301. The number of rotatable bonds is 5. The standard InChI is InChI=1S/C17H20ClN3O3/c1-2-7-21(17(23)14-4-3-8-24-14)10-15-19-13-9-11(18)5-6-12(13)16(22)20-15/h5-6,9,14H,2-4,7-8,10H2,1H3,(H,19,20,22). The third-order valence-corrected chi connectivity index (χ3v) is 4.30. The number of hydrogen-bond donors (Lipinski definition) is 1. The van der Waals surface area contributed by atoms with Crippen LogP contribution in [-0.4, -0.2) is 40.0 Å². The molecule has 0 saturated carbocycles. The molecule has 1 saturated heterocycles. The predicted molar refractivity (Wildman–Crippen MR) is 92.1 cm³/mol. The number of carbonyl (C=O) groups excluding carboxylic acids is 1. The monoisotopic (exact) mass is 349 g/mol. The van der Waals surface area contributed by atoms with Gasteiger partial charge in [0.15, 0.2) is 0 Å². The maximum Gasteiger partial charge on any atom is 0.258 e. The fourth-order valence-electron chi connectivity index (χ4n) is 2.93. The lowest BCUT2D eigenvalue weighted by molar-refractivity contribution is -0.141. The molecule has 0 bridgehead atoms. The van der Waals surface area contributed by atoms with Crippen LogP contribution in [0.5, 0.6) is 0 Å². The number of carbonyl (C=O) groups is 1. The van der Waals surface area contributed by atoms with E-state index >= 15 is 0 Å². The minimum Gasteiger partial charge on any atom is -0.368 e. The Bertz CT molecular complexity index is 799. The second-order valence-electron chi connectivity index (χ2n) is 5.94. The highest BCUT2D eigenvalue weighted by atomic mass is 35.5. The Labute approximate surface area is 144 Å². The van der Waals surface area contributed by atoms with E-state index in [2.05, 4.69) is 9.97 Å². The lowest BCUT2D eigenvalue weighted by Gasteiger charge is -2.24. The average molecular weight is 350 g/mol. The van der Waals surface area contributed by atoms with E-state index in [-0.39, 0.29) is 24.1 Å². The largest absolute Gasteiger partial charge is 0.368 e. The summed E-state index contributed by atoms with van der Waals surface area (Å²) in [5, 5.41) is 1.00. The number of benzene rings is 1. The second-order valence-corrected chi connectivity index (χ2v) is 6.37. The first kappa shape index (κ1) is 16.9. The summed E-state index contributed by atoms with van der Waals surface area (Å²) in [5.74, 6) is 0.415. The maximum absolute atomic E-state index is 12.6. The van der Waals surface area contributed by atoms with Crippen LogP contribution in [0.25, 0.3) is 10.9 Å². The molecule has 1 aliphatic heterocycles. The normalized spacial score (nSPS) is 17.3. The van der Waals surface area contributed by atoms with Crippen LogP contribution >= 0.6 is 11.6 Å². The first-order chi connectivity index (χ1) is 11.6. The van der Waals surface area contributed by atoms with Crippen molar-refractivity contribution in [1.29, 1.82) is 0 Å². The molecule has 1 aliphatic rings. The molecule has 1 fully saturated rings. The Kier molecular flexibility index (Phi) is 5.16. The van der Waals surface area contributed by atoms with Gasteiger partial charge in [-0.25, -0.2) is 4.98 Å². The number of fused-ring (bicyclic) bond motifs is 1. The molecule has 6 nitrogen and oxygen atoms in total. The highest BCUT2D eigenvalue weighted by molar-refractivity contribution is 6.31. The summed E-state index contributed by atoms with van der Waals surface area (Å²) in [6, 6.07) is 4.96. The SMILES string of the molecule is CCCN(Cc1nc2cc(Cl)ccc2c(=O)[nH]1)C(=O)C1CCCO1. The summed E-state index contributed by atoms with van der Waals surface area (Å²) < 4.78 is 5.49. The molecule has 1 unspecified atom stereocenters. The zero-order valence-corrected chi connectivity index (χ0v) is 14.3. The quantitative estimate of drug-likeness (QED) is 0.899. The zero-order chi connectivity index (χ0) is 17.1. The summed E-state index contributed by atoms with van der Waals surface area (Å²) in [6.45, 7) is 3.48. The van der Waals surface area contributed by atoms with Crippen molar-refractivity contribution in [3.05, 3.63) is 39.4 Å². The fraction of sp³-hybridized carbons (Fsp3) is 0.471. The third-order valence-electron chi connectivity index (χ3n) is 4.07. The summed E-state index contributed by atoms with van der Waals surface area (Å²) in [7, 11) is 0. The second kappa shape index (κ2) is 7.32. The van der Waals surface area contributed by atoms with Crippen molar-refractivity contribution in [3.63, 3.8) is 0 Å². The van der Waals surface area contributed by atoms with Gasteiger partial charge in [-0.1, -0.05) is 18.5 Å². The van der Waals surface area contributed by atoms with Crippen LogP contribution in [0.2, 0.25) is 5.02 Å². The molecule has 2 aromatic rings. The van der Waals surface area contributed by atoms with Gasteiger partial charge in [0.1, 0.15) is 11.9 Å². The Morgan fingerprint density at radius 2 is 2.33 bits per heavy atom. The molecule has 1 aromatic heterocycles. The van der Waals surface area contributed by atoms with Gasteiger partial charge in [0, 0.05) is 18.2 Å². The molecule has 1 N–H and O–H groups in total. The molecule has 0 spiro atoms. The van der Waals surface area contributed by atoms with Crippen molar-refractivity contribution in [2.75, 3.05) is 13.2 Å². The zero-order valence-electron chi connectivity index (χ0n) is 13.5. The molecular formula is C17H20ClN3O3. The first-order valence-electron chi connectivity index (χ1n) is 8.17. The van der Waals surface area contributed by atoms with Crippen molar-refractivity contribution < 1.29 is 9.53 Å². The molecular weight excluding hydrogens is 330 g/mol. The molecule has 3 rings (SSSR count). The van der Waals surface area contributed by atoms with Crippen molar-refractivity contribution in [1.82, 2.24) is 14.9 Å². The van der Waals surface area contributed by atoms with E-state index in [1.165, 1.54) is 0 Å². The number of ether oxygens (including phenoxy) is 1. The fourth-order valence-corrected chi connectivity index (χ4v) is 3.10. The number of aromatic amines is 1. The van der Waals surface area contributed by atoms with Crippen molar-refractivity contribution >= 4 is 28.4 Å². The van der Waals surface area contributed by atoms with Gasteiger partial charge >= 0.3 is 0 Å². The van der Waals surface area contributed by atoms with E-state index in [1.807, 2.05) is 6.92 Å². The number of halogens is 1. The van der Waals surface area contributed by atoms with E-state index in [9.17, 15) is 9.59 Å². The molecule has 128 valence electrons. The minimum atomic E-state index is -0.377. The number of nitrogens with one attached hydrogen (secondary N) is 1. The van der Waals surface area contributed by atoms with Crippen LogP contribution < -0.4 is 5.56 Å². The summed E-state index contributed by atoms with van der Waals surface area (Å²) >= 11 is 5.98. The van der Waals surface area contributed by atoms with Gasteiger partial charge in [-0.3, -0.25) is 9.59 Å². The Morgan fingerprint density at radius 3 is 3.04 bits per heavy atom. The number of H-pyrrole nitrogens is 1. The van der Waals surface area contributed by atoms with Crippen LogP contribution in [0.1, 0.15) is 32.0 Å². The maximum atomic E-state index is 12.6. The topological polar surface area (TPSA) is 75.3 Å². The Hall–Kier alpha value is -1.92. The molecule has 1 amide bonds. The molecule has 24 heavy (non-hydrogen) atoms. The van der Waals surface area contributed by atoms with E-state index in [1.54, 1.807) is 23.1 Å². The predicted octanol–water partition coefficient (Wildman–Crippen LogP) is 2.49. The third kappa shape index (κ3) is 3.60. The molecule has 0 radical (unpaired) electrons. The van der Waals surface area contributed by atoms with Crippen LogP contribution in [0.15, 0.2) is 23.0 Å². The number of aromatic nitrogens is 2. The summed E-state index contributed by atoms with van der Waals surface area (Å²) in [6.07, 6.45) is 2.09. The van der Waals surface area contributed by atoms with Crippen LogP contribution in [0, 0.1) is 0 Å². The van der Waals surface area contributed by atoms with Gasteiger partial charge in [-0.2, -0.15) is 0 Å². The number of amides is 1. The lowest BCUT2D eigenvalue weighted by atomic mass is 10.2. The highest BCUT2D eigenvalue weighted by Gasteiger charge is 2.28. The number of nitrogens with zero attached hydrogens (tertiary/aromatic N) is 2. The molecule has 1 aromatic carbocycles. The van der Waals surface area contributed by atoms with Crippen LogP contribution in [-0.2, 0) is 16.1 Å². The van der Waals surface area contributed by atoms with Gasteiger partial charge in [0.05, 0.1) is 17.4 Å². The van der Waals surface area contributed by atoms with Gasteiger partial charge in [-0.05, 0) is 37.5 Å². The van der Waals surface area contributed by atoms with Crippen molar-refractivity contribution in [2.24, 2.45) is 0 Å². The highest BCUT2D eigenvalue weighted by Crippen LogP contribution is 2.17. The van der Waals surface area contributed by atoms with Gasteiger partial charge in [-0.15, -0.1) is 0 Å². The average Bonchev–Trinajstić information content (AvgIpc) is 3.07. The minimum absolute atomic E-state index is 0.0387. The van der Waals surface area contributed by atoms with Gasteiger partial charge < -0.3 is 14.6 Å². The first-order valence-corrected chi connectivity index (χ1v) is 8.55. The Morgan fingerprint density at radius 1 is 1.50 bits per heavy atom. The van der Waals surface area contributed by atoms with E-state index in [4.69, 9.17) is 16.3 Å². The molecule has 2 heterocycles. The molecule has 0 aliphatic carbocycles. The van der Waals surface area contributed by atoms with E-state index in [0.717, 1.165) is 19.3 Å². The van der Waals surface area contributed by atoms with Gasteiger partial charge in [0.25, 0.3) is 11.5 Å². The lowest BCUT2D eigenvalue weighted by Crippen LogP contribution is -2.39. The van der Waals surface area contributed by atoms with E-state index < -0.39 is 0 Å². The number of hydrogen-bond acceptors (Lipinski definition) is 4.